The molecule has 3 N–H and O–H groups in total. The van der Waals surface area contributed by atoms with Gasteiger partial charge >= 0.3 is 6.03 Å². The lowest BCUT2D eigenvalue weighted by molar-refractivity contribution is -0.122. The molecule has 1 aliphatic carbocycles. The van der Waals surface area contributed by atoms with Gasteiger partial charge in [-0.3, -0.25) is 9.59 Å². The molecule has 180 valence electrons. The number of thiazole rings is 1. The summed E-state index contributed by atoms with van der Waals surface area (Å²) in [7, 11) is 0. The molecule has 0 spiro atoms. The number of nitrogens with one attached hydrogen (secondary N) is 3. The van der Waals surface area contributed by atoms with Crippen LogP contribution in [-0.4, -0.2) is 60.0 Å². The van der Waals surface area contributed by atoms with Gasteiger partial charge in [0.15, 0.2) is 0 Å². The molecule has 2 saturated heterocycles. The Morgan fingerprint density at radius 3 is 2.79 bits per heavy atom. The van der Waals surface area contributed by atoms with Gasteiger partial charge in [0, 0.05) is 37.5 Å². The largest absolute Gasteiger partial charge is 0.354 e. The zero-order valence-electron chi connectivity index (χ0n) is 19.2. The Labute approximate surface area is 199 Å². The number of piperidine rings is 1. The monoisotopic (exact) mass is 473 g/mol. The molecule has 1 atom stereocenters. The zero-order chi connectivity index (χ0) is 23.0. The number of carbonyl (C=O) groups is 3. The maximum Gasteiger partial charge on any atom is 0.317 e. The van der Waals surface area contributed by atoms with Crippen LogP contribution in [0.1, 0.15) is 85.6 Å². The van der Waals surface area contributed by atoms with E-state index in [0.717, 1.165) is 37.1 Å². The van der Waals surface area contributed by atoms with Crippen molar-refractivity contribution in [3.63, 3.8) is 0 Å². The van der Waals surface area contributed by atoms with E-state index < -0.39 is 6.04 Å². The van der Waals surface area contributed by atoms with Crippen LogP contribution in [0, 0.1) is 0 Å². The lowest BCUT2D eigenvalue weighted by Gasteiger charge is -2.31. The van der Waals surface area contributed by atoms with Gasteiger partial charge in [-0.05, 0) is 64.2 Å². The van der Waals surface area contributed by atoms with Crippen LogP contribution in [0.2, 0.25) is 0 Å². The molecule has 1 aromatic heterocycles. The summed E-state index contributed by atoms with van der Waals surface area (Å²) < 4.78 is 0. The van der Waals surface area contributed by atoms with E-state index in [9.17, 15) is 14.4 Å². The third-order valence-corrected chi connectivity index (χ3v) is 7.84. The Morgan fingerprint density at radius 2 is 2.00 bits per heavy atom. The van der Waals surface area contributed by atoms with Crippen LogP contribution in [0.4, 0.5) is 4.79 Å². The molecule has 2 fully saturated rings. The van der Waals surface area contributed by atoms with Crippen molar-refractivity contribution in [3.8, 4) is 0 Å². The summed E-state index contributed by atoms with van der Waals surface area (Å²) in [4.78, 5) is 43.7. The molecule has 9 heteroatoms. The summed E-state index contributed by atoms with van der Waals surface area (Å²) in [5, 5.41) is 11.5. The second-order valence-corrected chi connectivity index (χ2v) is 10.1. The molecule has 3 aliphatic rings. The van der Waals surface area contributed by atoms with Crippen LogP contribution >= 0.6 is 11.3 Å². The average molecular weight is 474 g/mol. The molecule has 8 nitrogen and oxygen atoms in total. The zero-order valence-corrected chi connectivity index (χ0v) is 20.1. The second kappa shape index (κ2) is 11.6. The number of urea groups is 1. The van der Waals surface area contributed by atoms with Crippen LogP contribution in [0.25, 0.3) is 0 Å². The summed E-state index contributed by atoms with van der Waals surface area (Å²) in [6.07, 6.45) is 12.4. The third kappa shape index (κ3) is 6.56. The molecular weight excluding hydrogens is 438 g/mol. The Hall–Kier alpha value is -2.42. The first kappa shape index (κ1) is 23.7. The molecule has 1 aromatic rings. The van der Waals surface area contributed by atoms with Crippen molar-refractivity contribution >= 4 is 29.2 Å². The molecule has 0 saturated carbocycles. The highest BCUT2D eigenvalue weighted by molar-refractivity contribution is 7.09. The number of nitrogens with zero attached hydrogens (tertiary/aromatic N) is 2. The second-order valence-electron chi connectivity index (χ2n) is 9.24. The fourth-order valence-electron chi connectivity index (χ4n) is 4.79. The minimum atomic E-state index is -0.485. The Balaban J connectivity index is 1.21. The fourth-order valence-corrected chi connectivity index (χ4v) is 5.76. The molecule has 4 amide bonds. The summed E-state index contributed by atoms with van der Waals surface area (Å²) in [6.45, 7) is 2.76. The molecule has 0 bridgehead atoms. The van der Waals surface area contributed by atoms with Gasteiger partial charge in [0.2, 0.25) is 5.91 Å². The normalized spacial score (nSPS) is 22.2. The van der Waals surface area contributed by atoms with Crippen molar-refractivity contribution < 1.29 is 14.4 Å². The minimum Gasteiger partial charge on any atom is -0.354 e. The topological polar surface area (TPSA) is 103 Å². The van der Waals surface area contributed by atoms with E-state index in [1.807, 2.05) is 4.90 Å². The quantitative estimate of drug-likeness (QED) is 0.552. The van der Waals surface area contributed by atoms with Gasteiger partial charge in [0.1, 0.15) is 11.7 Å². The predicted molar refractivity (Wildman–Crippen MR) is 128 cm³/mol. The van der Waals surface area contributed by atoms with Gasteiger partial charge in [-0.25, -0.2) is 9.78 Å². The number of carbonyl (C=O) groups excluding carboxylic acids is 3. The highest BCUT2D eigenvalue weighted by atomic mass is 32.1. The van der Waals surface area contributed by atoms with E-state index in [4.69, 9.17) is 0 Å². The van der Waals surface area contributed by atoms with Crippen LogP contribution < -0.4 is 16.0 Å². The molecule has 1 unspecified atom stereocenters. The Morgan fingerprint density at radius 1 is 1.15 bits per heavy atom. The first-order valence-electron chi connectivity index (χ1n) is 12.3. The maximum absolute atomic E-state index is 12.6. The van der Waals surface area contributed by atoms with Gasteiger partial charge < -0.3 is 20.9 Å². The van der Waals surface area contributed by atoms with E-state index in [-0.39, 0.29) is 23.8 Å². The Kier molecular flexibility index (Phi) is 8.36. The highest BCUT2D eigenvalue weighted by Crippen LogP contribution is 2.30. The van der Waals surface area contributed by atoms with E-state index in [1.165, 1.54) is 42.6 Å². The Bertz CT molecular complexity index is 875. The molecular formula is C24H35N5O3S. The molecule has 0 radical (unpaired) electrons. The van der Waals surface area contributed by atoms with Crippen LogP contribution in [0.15, 0.2) is 17.0 Å². The predicted octanol–water partition coefficient (Wildman–Crippen LogP) is 3.32. The van der Waals surface area contributed by atoms with E-state index in [1.54, 1.807) is 5.38 Å². The lowest BCUT2D eigenvalue weighted by atomic mass is 9.97. The number of allylic oxidation sites excluding steroid dienone is 1. The first-order chi connectivity index (χ1) is 16.1. The SMILES string of the molecule is O=C(NC1CCCCNC1=O)c1csc(C2CCN(C(=O)NCCC3=CCCCC3)CC2)n1. The summed E-state index contributed by atoms with van der Waals surface area (Å²) >= 11 is 1.49. The standard InChI is InChI=1S/C24H35N5O3S/c30-21-19(8-4-5-12-25-21)27-22(31)20-16-33-23(28-20)18-10-14-29(15-11-18)24(32)26-13-9-17-6-2-1-3-7-17/h6,16,18-19H,1-5,7-15H2,(H,25,30)(H,26,32)(H,27,31). The number of rotatable bonds is 6. The highest BCUT2D eigenvalue weighted by Gasteiger charge is 2.28. The van der Waals surface area contributed by atoms with Gasteiger partial charge in [-0.1, -0.05) is 11.6 Å². The molecule has 0 aromatic carbocycles. The van der Waals surface area contributed by atoms with E-state index in [0.29, 0.717) is 38.3 Å². The van der Waals surface area contributed by atoms with Gasteiger partial charge in [0.05, 0.1) is 5.01 Å². The summed E-state index contributed by atoms with van der Waals surface area (Å²) in [6, 6.07) is -0.466. The third-order valence-electron chi connectivity index (χ3n) is 6.83. The van der Waals surface area contributed by atoms with Crippen LogP contribution in [-0.2, 0) is 4.79 Å². The number of amides is 4. The van der Waals surface area contributed by atoms with Gasteiger partial charge in [0.25, 0.3) is 5.91 Å². The number of likely N-dealkylation sites (tertiary alicyclic amines) is 1. The van der Waals surface area contributed by atoms with Crippen molar-refractivity contribution in [2.75, 3.05) is 26.2 Å². The van der Waals surface area contributed by atoms with E-state index >= 15 is 0 Å². The molecule has 33 heavy (non-hydrogen) atoms. The smallest absolute Gasteiger partial charge is 0.317 e. The fraction of sp³-hybridized carbons (Fsp3) is 0.667. The van der Waals surface area contributed by atoms with Crippen LogP contribution in [0.5, 0.6) is 0 Å². The number of hydrogen-bond acceptors (Lipinski definition) is 5. The van der Waals surface area contributed by atoms with Gasteiger partial charge in [-0.15, -0.1) is 11.3 Å². The van der Waals surface area contributed by atoms with Crippen molar-refractivity contribution in [2.45, 2.75) is 76.2 Å². The van der Waals surface area contributed by atoms with Gasteiger partial charge in [-0.2, -0.15) is 0 Å². The van der Waals surface area contributed by atoms with Crippen molar-refractivity contribution in [1.82, 2.24) is 25.8 Å². The van der Waals surface area contributed by atoms with Crippen LogP contribution in [0.3, 0.4) is 0 Å². The summed E-state index contributed by atoms with van der Waals surface area (Å²) in [5.41, 5.74) is 1.85. The van der Waals surface area contributed by atoms with Crippen molar-refractivity contribution in [1.29, 1.82) is 0 Å². The maximum atomic E-state index is 12.6. The minimum absolute atomic E-state index is 0.0192. The number of aromatic nitrogens is 1. The molecule has 2 aliphatic heterocycles. The average Bonchev–Trinajstić information content (AvgIpc) is 3.25. The lowest BCUT2D eigenvalue weighted by Crippen LogP contribution is -2.45. The first-order valence-corrected chi connectivity index (χ1v) is 13.2. The van der Waals surface area contributed by atoms with Crippen molar-refractivity contribution in [2.24, 2.45) is 0 Å². The number of hydrogen-bond donors (Lipinski definition) is 3. The van der Waals surface area contributed by atoms with Crippen molar-refractivity contribution in [3.05, 3.63) is 27.7 Å². The molecule has 4 rings (SSSR count). The molecule has 3 heterocycles. The van der Waals surface area contributed by atoms with E-state index in [2.05, 4.69) is 27.0 Å². The summed E-state index contributed by atoms with van der Waals surface area (Å²) in [5.74, 6) is -0.143.